The standard InChI is InChI=1S/C21H19BrN2O2/c22-17-8-10-19(11-9-17)26-20-3-1-2-18(14-20)24-13-12-15-4-6-16(7-5-15)21(23)25/h1-11,14,24H,12-13H2,(H2,23,25). The predicted molar refractivity (Wildman–Crippen MR) is 108 cm³/mol. The number of primary amides is 1. The molecule has 1 amide bonds. The Bertz CT molecular complexity index is 877. The summed E-state index contributed by atoms with van der Waals surface area (Å²) in [5, 5.41) is 3.39. The zero-order valence-electron chi connectivity index (χ0n) is 14.1. The number of hydrogen-bond acceptors (Lipinski definition) is 3. The van der Waals surface area contributed by atoms with Gasteiger partial charge in [-0.25, -0.2) is 0 Å². The van der Waals surface area contributed by atoms with Gasteiger partial charge in [0, 0.05) is 28.3 Å². The summed E-state index contributed by atoms with van der Waals surface area (Å²) in [7, 11) is 0. The average molecular weight is 411 g/mol. The maximum atomic E-state index is 11.1. The minimum absolute atomic E-state index is 0.405. The van der Waals surface area contributed by atoms with E-state index in [0.29, 0.717) is 5.56 Å². The van der Waals surface area contributed by atoms with Crippen LogP contribution in [0, 0.1) is 0 Å². The molecule has 0 radical (unpaired) electrons. The third kappa shape index (κ3) is 5.10. The van der Waals surface area contributed by atoms with Crippen LogP contribution in [0.5, 0.6) is 11.5 Å². The van der Waals surface area contributed by atoms with Gasteiger partial charge in [0.15, 0.2) is 0 Å². The van der Waals surface area contributed by atoms with Crippen LogP contribution in [0.3, 0.4) is 0 Å². The first-order valence-corrected chi connectivity index (χ1v) is 9.05. The van der Waals surface area contributed by atoms with Crippen molar-refractivity contribution >= 4 is 27.5 Å². The molecule has 0 unspecified atom stereocenters. The number of ether oxygens (including phenoxy) is 1. The first kappa shape index (κ1) is 18.0. The fourth-order valence-corrected chi connectivity index (χ4v) is 2.76. The average Bonchev–Trinajstić information content (AvgIpc) is 2.64. The van der Waals surface area contributed by atoms with E-state index in [1.807, 2.05) is 60.7 Å². The number of hydrogen-bond donors (Lipinski definition) is 2. The number of carbonyl (C=O) groups excluding carboxylic acids is 1. The van der Waals surface area contributed by atoms with E-state index in [-0.39, 0.29) is 0 Å². The lowest BCUT2D eigenvalue weighted by Crippen LogP contribution is -2.11. The molecule has 0 saturated carbocycles. The summed E-state index contributed by atoms with van der Waals surface area (Å²) in [5.41, 5.74) is 7.92. The number of benzene rings is 3. The normalized spacial score (nSPS) is 10.3. The minimum atomic E-state index is -0.405. The van der Waals surface area contributed by atoms with Crippen molar-refractivity contribution in [2.24, 2.45) is 5.73 Å². The highest BCUT2D eigenvalue weighted by Gasteiger charge is 2.01. The van der Waals surface area contributed by atoms with Crippen molar-refractivity contribution < 1.29 is 9.53 Å². The van der Waals surface area contributed by atoms with Gasteiger partial charge >= 0.3 is 0 Å². The predicted octanol–water partition coefficient (Wildman–Crippen LogP) is 4.99. The Kier molecular flexibility index (Phi) is 5.92. The number of amides is 1. The van der Waals surface area contributed by atoms with Gasteiger partial charge in [-0.1, -0.05) is 34.1 Å². The van der Waals surface area contributed by atoms with Crippen LogP contribution in [-0.2, 0) is 6.42 Å². The molecule has 5 heteroatoms. The second kappa shape index (κ2) is 8.54. The van der Waals surface area contributed by atoms with Gasteiger partial charge in [-0.2, -0.15) is 0 Å². The summed E-state index contributed by atoms with van der Waals surface area (Å²) in [6, 6.07) is 22.9. The van der Waals surface area contributed by atoms with E-state index < -0.39 is 5.91 Å². The molecule has 3 N–H and O–H groups in total. The molecular weight excluding hydrogens is 392 g/mol. The lowest BCUT2D eigenvalue weighted by Gasteiger charge is -2.10. The molecule has 0 spiro atoms. The van der Waals surface area contributed by atoms with Crippen molar-refractivity contribution in [3.63, 3.8) is 0 Å². The summed E-state index contributed by atoms with van der Waals surface area (Å²) in [5.74, 6) is 1.17. The molecule has 0 aliphatic carbocycles. The van der Waals surface area contributed by atoms with Crippen molar-refractivity contribution in [1.29, 1.82) is 0 Å². The molecule has 0 heterocycles. The minimum Gasteiger partial charge on any atom is -0.457 e. The van der Waals surface area contributed by atoms with Crippen molar-refractivity contribution in [3.05, 3.63) is 88.4 Å². The van der Waals surface area contributed by atoms with E-state index in [9.17, 15) is 4.79 Å². The Morgan fingerprint density at radius 1 is 0.962 bits per heavy atom. The fraction of sp³-hybridized carbons (Fsp3) is 0.0952. The topological polar surface area (TPSA) is 64.4 Å². The Morgan fingerprint density at radius 2 is 1.69 bits per heavy atom. The van der Waals surface area contributed by atoms with E-state index in [0.717, 1.165) is 40.2 Å². The summed E-state index contributed by atoms with van der Waals surface area (Å²) < 4.78 is 6.89. The van der Waals surface area contributed by atoms with Crippen LogP contribution in [0.4, 0.5) is 5.69 Å². The second-order valence-electron chi connectivity index (χ2n) is 5.82. The zero-order chi connectivity index (χ0) is 18.4. The number of nitrogens with one attached hydrogen (secondary N) is 1. The molecule has 3 aromatic carbocycles. The van der Waals surface area contributed by atoms with Crippen LogP contribution >= 0.6 is 15.9 Å². The third-order valence-corrected chi connectivity index (χ3v) is 4.39. The van der Waals surface area contributed by atoms with Crippen molar-refractivity contribution in [1.82, 2.24) is 0 Å². The quantitative estimate of drug-likeness (QED) is 0.576. The molecule has 0 aliphatic heterocycles. The van der Waals surface area contributed by atoms with Gasteiger partial charge in [0.05, 0.1) is 0 Å². The molecule has 26 heavy (non-hydrogen) atoms. The summed E-state index contributed by atoms with van der Waals surface area (Å²) >= 11 is 3.41. The van der Waals surface area contributed by atoms with Crippen LogP contribution in [0.1, 0.15) is 15.9 Å². The van der Waals surface area contributed by atoms with Crippen LogP contribution < -0.4 is 15.8 Å². The maximum absolute atomic E-state index is 11.1. The maximum Gasteiger partial charge on any atom is 0.248 e. The molecule has 0 bridgehead atoms. The fourth-order valence-electron chi connectivity index (χ4n) is 2.50. The van der Waals surface area contributed by atoms with Gasteiger partial charge in [0.25, 0.3) is 0 Å². The van der Waals surface area contributed by atoms with E-state index in [1.165, 1.54) is 0 Å². The smallest absolute Gasteiger partial charge is 0.248 e. The summed E-state index contributed by atoms with van der Waals surface area (Å²) in [6.45, 7) is 0.775. The van der Waals surface area contributed by atoms with Crippen LogP contribution in [-0.4, -0.2) is 12.5 Å². The highest BCUT2D eigenvalue weighted by Crippen LogP contribution is 2.25. The van der Waals surface area contributed by atoms with Gasteiger partial charge in [-0.3, -0.25) is 4.79 Å². The molecule has 0 saturated heterocycles. The van der Waals surface area contributed by atoms with Crippen LogP contribution in [0.15, 0.2) is 77.3 Å². The molecule has 132 valence electrons. The highest BCUT2D eigenvalue weighted by atomic mass is 79.9. The number of anilines is 1. The highest BCUT2D eigenvalue weighted by molar-refractivity contribution is 9.10. The first-order valence-electron chi connectivity index (χ1n) is 8.26. The van der Waals surface area contributed by atoms with Crippen LogP contribution in [0.25, 0.3) is 0 Å². The molecule has 0 aromatic heterocycles. The molecule has 0 fully saturated rings. The number of nitrogens with two attached hydrogens (primary N) is 1. The Hall–Kier alpha value is -2.79. The van der Waals surface area contributed by atoms with E-state index in [4.69, 9.17) is 10.5 Å². The molecule has 3 aromatic rings. The summed E-state index contributed by atoms with van der Waals surface area (Å²) in [6.07, 6.45) is 0.844. The van der Waals surface area contributed by atoms with E-state index in [1.54, 1.807) is 12.1 Å². The lowest BCUT2D eigenvalue weighted by atomic mass is 10.1. The molecule has 0 aliphatic rings. The Balaban J connectivity index is 1.55. The van der Waals surface area contributed by atoms with E-state index in [2.05, 4.69) is 21.2 Å². The SMILES string of the molecule is NC(=O)c1ccc(CCNc2cccc(Oc3ccc(Br)cc3)c2)cc1. The Labute approximate surface area is 161 Å². The third-order valence-electron chi connectivity index (χ3n) is 3.86. The molecule has 4 nitrogen and oxygen atoms in total. The van der Waals surface area contributed by atoms with E-state index >= 15 is 0 Å². The molecule has 3 rings (SSSR count). The van der Waals surface area contributed by atoms with Crippen molar-refractivity contribution in [2.75, 3.05) is 11.9 Å². The second-order valence-corrected chi connectivity index (χ2v) is 6.74. The monoisotopic (exact) mass is 410 g/mol. The van der Waals surface area contributed by atoms with Gasteiger partial charge < -0.3 is 15.8 Å². The van der Waals surface area contributed by atoms with Gasteiger partial charge in [0.1, 0.15) is 11.5 Å². The Morgan fingerprint density at radius 3 is 2.38 bits per heavy atom. The largest absolute Gasteiger partial charge is 0.457 e. The molecule has 0 atom stereocenters. The number of carbonyl (C=O) groups is 1. The van der Waals surface area contributed by atoms with Gasteiger partial charge in [0.2, 0.25) is 5.91 Å². The first-order chi connectivity index (χ1) is 12.6. The zero-order valence-corrected chi connectivity index (χ0v) is 15.7. The summed E-state index contributed by atoms with van der Waals surface area (Å²) in [4.78, 5) is 11.1. The van der Waals surface area contributed by atoms with Crippen molar-refractivity contribution in [2.45, 2.75) is 6.42 Å². The van der Waals surface area contributed by atoms with Crippen LogP contribution in [0.2, 0.25) is 0 Å². The number of rotatable bonds is 7. The van der Waals surface area contributed by atoms with Gasteiger partial charge in [-0.15, -0.1) is 0 Å². The number of halogens is 1. The van der Waals surface area contributed by atoms with Gasteiger partial charge in [-0.05, 0) is 60.5 Å². The van der Waals surface area contributed by atoms with Crippen molar-refractivity contribution in [3.8, 4) is 11.5 Å². The lowest BCUT2D eigenvalue weighted by molar-refractivity contribution is 0.100. The molecular formula is C21H19BrN2O2.